The molecule has 0 saturated carbocycles. The normalized spacial score (nSPS) is 12.8. The highest BCUT2D eigenvalue weighted by atomic mass is 16.5. The number of hydrogen-bond donors (Lipinski definition) is 1. The Hall–Kier alpha value is -1.07. The maximum Gasteiger partial charge on any atom is 0.297 e. The first kappa shape index (κ1) is 13.0. The van der Waals surface area contributed by atoms with E-state index in [2.05, 4.69) is 29.0 Å². The summed E-state index contributed by atoms with van der Waals surface area (Å²) in [6, 6.07) is 0.924. The summed E-state index contributed by atoms with van der Waals surface area (Å²) in [6.07, 6.45) is 1.69. The molecule has 0 amide bonds. The van der Waals surface area contributed by atoms with Crippen molar-refractivity contribution in [2.75, 3.05) is 32.2 Å². The number of anilines is 1. The molecule has 0 aliphatic heterocycles. The van der Waals surface area contributed by atoms with Gasteiger partial charge in [-0.25, -0.2) is 0 Å². The third-order valence-electron chi connectivity index (χ3n) is 2.42. The van der Waals surface area contributed by atoms with Crippen molar-refractivity contribution in [3.8, 4) is 0 Å². The summed E-state index contributed by atoms with van der Waals surface area (Å²) in [4.78, 5) is 6.50. The van der Waals surface area contributed by atoms with Crippen molar-refractivity contribution in [3.63, 3.8) is 0 Å². The van der Waals surface area contributed by atoms with Gasteiger partial charge in [0.2, 0.25) is 0 Å². The zero-order valence-electron chi connectivity index (χ0n) is 10.5. The molecule has 0 aliphatic rings. The lowest BCUT2D eigenvalue weighted by atomic mass is 10.3. The Bertz CT molecular complexity index is 301. The minimum Gasteiger partial charge on any atom is -0.432 e. The molecule has 1 aromatic rings. The minimum absolute atomic E-state index is 0.260. The molecule has 0 aliphatic carbocycles. The van der Waals surface area contributed by atoms with Crippen LogP contribution in [0.5, 0.6) is 0 Å². The van der Waals surface area contributed by atoms with Gasteiger partial charge in [-0.05, 0) is 20.9 Å². The van der Waals surface area contributed by atoms with Crippen LogP contribution in [-0.2, 0) is 11.3 Å². The molecule has 1 N–H and O–H groups in total. The van der Waals surface area contributed by atoms with Crippen molar-refractivity contribution in [2.45, 2.75) is 26.4 Å². The van der Waals surface area contributed by atoms with Gasteiger partial charge in [0.1, 0.15) is 6.26 Å². The van der Waals surface area contributed by atoms with E-state index in [4.69, 9.17) is 9.15 Å². The Morgan fingerprint density at radius 3 is 2.94 bits per heavy atom. The van der Waals surface area contributed by atoms with Gasteiger partial charge < -0.3 is 19.4 Å². The van der Waals surface area contributed by atoms with E-state index in [1.165, 1.54) is 0 Å². The first-order valence-corrected chi connectivity index (χ1v) is 5.57. The van der Waals surface area contributed by atoms with E-state index in [0.29, 0.717) is 12.6 Å². The van der Waals surface area contributed by atoms with Crippen LogP contribution in [0.15, 0.2) is 10.7 Å². The van der Waals surface area contributed by atoms with Crippen LogP contribution >= 0.6 is 0 Å². The number of likely N-dealkylation sites (N-methyl/N-ethyl adjacent to an activating group) is 1. The fourth-order valence-electron chi connectivity index (χ4n) is 1.66. The molecule has 0 saturated heterocycles. The van der Waals surface area contributed by atoms with Gasteiger partial charge in [-0.2, -0.15) is 4.98 Å². The lowest BCUT2D eigenvalue weighted by Crippen LogP contribution is -2.36. The summed E-state index contributed by atoms with van der Waals surface area (Å²) < 4.78 is 10.6. The summed E-state index contributed by atoms with van der Waals surface area (Å²) in [6.45, 7) is 6.41. The van der Waals surface area contributed by atoms with Crippen molar-refractivity contribution in [1.82, 2.24) is 10.3 Å². The van der Waals surface area contributed by atoms with Crippen LogP contribution in [0.4, 0.5) is 6.01 Å². The van der Waals surface area contributed by atoms with Gasteiger partial charge in [-0.1, -0.05) is 0 Å². The number of methoxy groups -OCH3 is 1. The fraction of sp³-hybridized carbons (Fsp3) is 0.727. The third-order valence-corrected chi connectivity index (χ3v) is 2.42. The first-order valence-electron chi connectivity index (χ1n) is 5.57. The van der Waals surface area contributed by atoms with Gasteiger partial charge >= 0.3 is 0 Å². The molecule has 1 heterocycles. The molecule has 5 nitrogen and oxygen atoms in total. The Kier molecular flexibility index (Phi) is 5.28. The van der Waals surface area contributed by atoms with E-state index >= 15 is 0 Å². The highest BCUT2D eigenvalue weighted by molar-refractivity contribution is 5.28. The standard InChI is InChI=1S/C11H21N3O2/c1-5-14(9(2)7-15-4)11-13-10(6-12-3)8-16-11/h8-9,12H,5-7H2,1-4H3. The van der Waals surface area contributed by atoms with Crippen LogP contribution in [0.1, 0.15) is 19.5 Å². The molecule has 92 valence electrons. The second kappa shape index (κ2) is 6.50. The third kappa shape index (κ3) is 3.21. The molecule has 1 unspecified atom stereocenters. The average Bonchev–Trinajstić information content (AvgIpc) is 2.68. The van der Waals surface area contributed by atoms with Gasteiger partial charge in [-0.15, -0.1) is 0 Å². The summed E-state index contributed by atoms with van der Waals surface area (Å²) in [5, 5.41) is 3.04. The van der Waals surface area contributed by atoms with Crippen LogP contribution < -0.4 is 10.2 Å². The SMILES string of the molecule is CCN(c1nc(CNC)co1)C(C)COC. The molecule has 1 rings (SSSR count). The van der Waals surface area contributed by atoms with Crippen LogP contribution in [0.25, 0.3) is 0 Å². The highest BCUT2D eigenvalue weighted by Crippen LogP contribution is 2.16. The van der Waals surface area contributed by atoms with Crippen molar-refractivity contribution in [1.29, 1.82) is 0 Å². The Morgan fingerprint density at radius 2 is 2.38 bits per heavy atom. The minimum atomic E-state index is 0.260. The maximum atomic E-state index is 5.46. The molecular weight excluding hydrogens is 206 g/mol. The summed E-state index contributed by atoms with van der Waals surface area (Å²) >= 11 is 0. The number of oxazole rings is 1. The van der Waals surface area contributed by atoms with E-state index in [1.807, 2.05) is 7.05 Å². The zero-order chi connectivity index (χ0) is 12.0. The molecule has 0 spiro atoms. The van der Waals surface area contributed by atoms with Gasteiger partial charge in [0.15, 0.2) is 0 Å². The number of ether oxygens (including phenoxy) is 1. The molecule has 0 fully saturated rings. The van der Waals surface area contributed by atoms with E-state index in [0.717, 1.165) is 18.8 Å². The maximum absolute atomic E-state index is 5.46. The average molecular weight is 227 g/mol. The molecule has 16 heavy (non-hydrogen) atoms. The predicted octanol–water partition coefficient (Wildman–Crippen LogP) is 1.26. The van der Waals surface area contributed by atoms with Crippen molar-refractivity contribution in [2.24, 2.45) is 0 Å². The van der Waals surface area contributed by atoms with Crippen LogP contribution in [-0.4, -0.2) is 38.3 Å². The Morgan fingerprint density at radius 1 is 1.62 bits per heavy atom. The van der Waals surface area contributed by atoms with Gasteiger partial charge in [0.05, 0.1) is 18.3 Å². The lowest BCUT2D eigenvalue weighted by molar-refractivity contribution is 0.180. The topological polar surface area (TPSA) is 50.5 Å². The zero-order valence-corrected chi connectivity index (χ0v) is 10.5. The lowest BCUT2D eigenvalue weighted by Gasteiger charge is -2.25. The number of nitrogens with one attached hydrogen (secondary N) is 1. The number of aromatic nitrogens is 1. The van der Waals surface area contributed by atoms with E-state index in [-0.39, 0.29) is 6.04 Å². The molecule has 5 heteroatoms. The van der Waals surface area contributed by atoms with E-state index < -0.39 is 0 Å². The predicted molar refractivity (Wildman–Crippen MR) is 63.6 cm³/mol. The van der Waals surface area contributed by atoms with Crippen LogP contribution in [0, 0.1) is 0 Å². The Labute approximate surface area is 96.8 Å². The molecule has 0 aromatic carbocycles. The summed E-state index contributed by atoms with van der Waals surface area (Å²) in [5.41, 5.74) is 0.917. The highest BCUT2D eigenvalue weighted by Gasteiger charge is 2.17. The van der Waals surface area contributed by atoms with E-state index in [9.17, 15) is 0 Å². The molecular formula is C11H21N3O2. The second-order valence-electron chi connectivity index (χ2n) is 3.74. The fourth-order valence-corrected chi connectivity index (χ4v) is 1.66. The Balaban J connectivity index is 2.70. The molecule has 1 aromatic heterocycles. The number of hydrogen-bond acceptors (Lipinski definition) is 5. The molecule has 0 radical (unpaired) electrons. The number of nitrogens with zero attached hydrogens (tertiary/aromatic N) is 2. The molecule has 1 atom stereocenters. The van der Waals surface area contributed by atoms with Gasteiger partial charge in [0, 0.05) is 20.2 Å². The van der Waals surface area contributed by atoms with Crippen molar-refractivity contribution in [3.05, 3.63) is 12.0 Å². The second-order valence-corrected chi connectivity index (χ2v) is 3.74. The van der Waals surface area contributed by atoms with E-state index in [1.54, 1.807) is 13.4 Å². The van der Waals surface area contributed by atoms with Gasteiger partial charge in [0.25, 0.3) is 6.01 Å². The summed E-state index contributed by atoms with van der Waals surface area (Å²) in [5.74, 6) is 0. The quantitative estimate of drug-likeness (QED) is 0.760. The van der Waals surface area contributed by atoms with Crippen molar-refractivity contribution >= 4 is 6.01 Å². The van der Waals surface area contributed by atoms with Crippen LogP contribution in [0.2, 0.25) is 0 Å². The molecule has 0 bridgehead atoms. The first-order chi connectivity index (χ1) is 7.72. The number of rotatable bonds is 7. The van der Waals surface area contributed by atoms with Crippen LogP contribution in [0.3, 0.4) is 0 Å². The van der Waals surface area contributed by atoms with Gasteiger partial charge in [-0.3, -0.25) is 0 Å². The smallest absolute Gasteiger partial charge is 0.297 e. The van der Waals surface area contributed by atoms with Crippen molar-refractivity contribution < 1.29 is 9.15 Å². The monoisotopic (exact) mass is 227 g/mol. The largest absolute Gasteiger partial charge is 0.432 e. The summed E-state index contributed by atoms with van der Waals surface area (Å²) in [7, 11) is 3.59.